The summed E-state index contributed by atoms with van der Waals surface area (Å²) < 4.78 is 16.8. The molecule has 6 heteroatoms. The molecule has 0 saturated heterocycles. The van der Waals surface area contributed by atoms with Gasteiger partial charge in [-0.05, 0) is 122 Å². The minimum absolute atomic E-state index is 0.102. The highest BCUT2D eigenvalue weighted by atomic mass is 16.6. The van der Waals surface area contributed by atoms with Crippen molar-refractivity contribution in [3.63, 3.8) is 0 Å². The minimum atomic E-state index is -0.810. The number of carbonyl (C=O) groups excluding carboxylic acids is 3. The molecule has 0 aliphatic heterocycles. The normalized spacial score (nSPS) is 13.2. The van der Waals surface area contributed by atoms with Gasteiger partial charge in [0.1, 0.15) is 13.2 Å². The van der Waals surface area contributed by atoms with Crippen molar-refractivity contribution in [3.8, 4) is 0 Å². The summed E-state index contributed by atoms with van der Waals surface area (Å²) in [5.74, 6) is -0.965. The highest BCUT2D eigenvalue weighted by molar-refractivity contribution is 5.71. The summed E-state index contributed by atoms with van der Waals surface area (Å²) in [4.78, 5) is 38.1. The molecule has 0 aliphatic carbocycles. The number of hydrogen-bond donors (Lipinski definition) is 0. The molecular weight excluding hydrogens is 925 g/mol. The molecular formula is C69H110O6. The van der Waals surface area contributed by atoms with E-state index in [1.54, 1.807) is 0 Å². The maximum Gasteiger partial charge on any atom is 0.306 e. The van der Waals surface area contributed by atoms with Crippen LogP contribution in [0.15, 0.2) is 146 Å². The van der Waals surface area contributed by atoms with E-state index < -0.39 is 6.10 Å². The van der Waals surface area contributed by atoms with Gasteiger partial charge in [-0.1, -0.05) is 256 Å². The zero-order valence-corrected chi connectivity index (χ0v) is 48.3. The molecule has 0 spiro atoms. The van der Waals surface area contributed by atoms with Gasteiger partial charge < -0.3 is 14.2 Å². The smallest absolute Gasteiger partial charge is 0.306 e. The molecule has 0 aromatic rings. The first-order valence-corrected chi connectivity index (χ1v) is 30.3. The Morgan fingerprint density at radius 2 is 0.520 bits per heavy atom. The van der Waals surface area contributed by atoms with Crippen molar-refractivity contribution in [2.45, 2.75) is 258 Å². The lowest BCUT2D eigenvalue weighted by Gasteiger charge is -2.18. The van der Waals surface area contributed by atoms with Crippen LogP contribution < -0.4 is 0 Å². The van der Waals surface area contributed by atoms with Gasteiger partial charge in [0, 0.05) is 19.3 Å². The Hall–Kier alpha value is -4.71. The maximum absolute atomic E-state index is 12.8. The Kier molecular flexibility index (Phi) is 58.0. The standard InChI is InChI=1S/C69H110O6/c1-4-7-10-13-16-19-22-24-26-27-28-29-30-31-32-33-34-35-36-37-38-39-40-41-43-44-47-50-53-56-59-62-68(71)74-65-66(64-73-67(70)61-58-55-52-49-46-21-18-15-12-9-6-3)75-69(72)63-60-57-54-51-48-45-42-25-23-20-17-14-11-8-5-2/h7-8,10-11,16-17,19-20,24-26,28-29,31-32,34-35,37-38,40-42,48,51,66H,4-6,9,12-15,18,21-23,27,30,33,36,39,43-47,49-50,52-65H2,1-3H3/b10-7-,11-8-,19-16-,20-17-,26-24-,29-28-,32-31-,35-34-,38-37-,41-40-,42-25-,51-48-. The van der Waals surface area contributed by atoms with Gasteiger partial charge in [0.25, 0.3) is 0 Å². The second-order valence-electron chi connectivity index (χ2n) is 19.5. The highest BCUT2D eigenvalue weighted by Gasteiger charge is 2.19. The molecule has 0 aliphatic rings. The zero-order chi connectivity index (χ0) is 54.3. The van der Waals surface area contributed by atoms with Crippen molar-refractivity contribution in [3.05, 3.63) is 146 Å². The summed E-state index contributed by atoms with van der Waals surface area (Å²) in [6.45, 7) is 6.35. The lowest BCUT2D eigenvalue weighted by molar-refractivity contribution is -0.167. The number of allylic oxidation sites excluding steroid dienone is 24. The van der Waals surface area contributed by atoms with Gasteiger partial charge in [-0.25, -0.2) is 0 Å². The Balaban J connectivity index is 4.34. The van der Waals surface area contributed by atoms with Crippen LogP contribution in [-0.2, 0) is 28.6 Å². The summed E-state index contributed by atoms with van der Waals surface area (Å²) in [6, 6.07) is 0. The quantitative estimate of drug-likeness (QED) is 0.0261. The summed E-state index contributed by atoms with van der Waals surface area (Å²) in [7, 11) is 0. The summed E-state index contributed by atoms with van der Waals surface area (Å²) in [5, 5.41) is 0. The van der Waals surface area contributed by atoms with Crippen LogP contribution >= 0.6 is 0 Å². The Bertz CT molecular complexity index is 1660. The number of hydrogen-bond acceptors (Lipinski definition) is 6. The van der Waals surface area contributed by atoms with Crippen LogP contribution in [0.3, 0.4) is 0 Å². The second kappa shape index (κ2) is 61.8. The van der Waals surface area contributed by atoms with Crippen molar-refractivity contribution in [2.75, 3.05) is 13.2 Å². The maximum atomic E-state index is 12.8. The molecule has 0 saturated carbocycles. The lowest BCUT2D eigenvalue weighted by atomic mass is 10.1. The van der Waals surface area contributed by atoms with Crippen LogP contribution in [0, 0.1) is 0 Å². The molecule has 0 N–H and O–H groups in total. The molecule has 0 aromatic carbocycles. The van der Waals surface area contributed by atoms with Crippen molar-refractivity contribution in [1.29, 1.82) is 0 Å². The van der Waals surface area contributed by atoms with Gasteiger partial charge in [-0.15, -0.1) is 0 Å². The molecule has 0 radical (unpaired) electrons. The van der Waals surface area contributed by atoms with Gasteiger partial charge >= 0.3 is 17.9 Å². The molecule has 0 amide bonds. The fourth-order valence-electron chi connectivity index (χ4n) is 7.86. The molecule has 422 valence electrons. The molecule has 0 fully saturated rings. The van der Waals surface area contributed by atoms with Crippen LogP contribution in [0.5, 0.6) is 0 Å². The van der Waals surface area contributed by atoms with Crippen LogP contribution in [0.2, 0.25) is 0 Å². The Morgan fingerprint density at radius 1 is 0.280 bits per heavy atom. The van der Waals surface area contributed by atoms with Gasteiger partial charge in [0.05, 0.1) is 0 Å². The topological polar surface area (TPSA) is 78.9 Å². The Morgan fingerprint density at radius 3 is 0.840 bits per heavy atom. The van der Waals surface area contributed by atoms with Crippen LogP contribution in [0.4, 0.5) is 0 Å². The van der Waals surface area contributed by atoms with E-state index in [1.807, 2.05) is 0 Å². The summed E-state index contributed by atoms with van der Waals surface area (Å²) in [6.07, 6.45) is 88.5. The largest absolute Gasteiger partial charge is 0.462 e. The molecule has 0 heterocycles. The van der Waals surface area contributed by atoms with E-state index in [1.165, 1.54) is 64.2 Å². The van der Waals surface area contributed by atoms with Crippen molar-refractivity contribution < 1.29 is 28.6 Å². The van der Waals surface area contributed by atoms with Gasteiger partial charge in [0.2, 0.25) is 0 Å². The van der Waals surface area contributed by atoms with Crippen molar-refractivity contribution >= 4 is 17.9 Å². The molecule has 0 aromatic heterocycles. The van der Waals surface area contributed by atoms with Gasteiger partial charge in [-0.3, -0.25) is 14.4 Å². The van der Waals surface area contributed by atoms with E-state index in [0.717, 1.165) is 141 Å². The molecule has 6 nitrogen and oxygen atoms in total. The predicted octanol–water partition coefficient (Wildman–Crippen LogP) is 20.8. The first-order valence-electron chi connectivity index (χ1n) is 30.3. The lowest BCUT2D eigenvalue weighted by Crippen LogP contribution is -2.30. The Labute approximate surface area is 461 Å². The van der Waals surface area contributed by atoms with Crippen LogP contribution in [0.1, 0.15) is 252 Å². The monoisotopic (exact) mass is 1030 g/mol. The number of unbranched alkanes of at least 4 members (excludes halogenated alkanes) is 18. The van der Waals surface area contributed by atoms with E-state index in [4.69, 9.17) is 14.2 Å². The SMILES string of the molecule is CC/C=C\C/C=C\C/C=C\C/C=C\C/C=C\C/C=C\C/C=C\C/C=C\CCCCCCCCC(=O)OCC(COC(=O)CCCCCCCCCCCCC)OC(=O)CCCC/C=C\C/C=C\C/C=C\C/C=C\CC. The predicted molar refractivity (Wildman–Crippen MR) is 325 cm³/mol. The number of carbonyl (C=O) groups is 3. The second-order valence-corrected chi connectivity index (χ2v) is 19.5. The van der Waals surface area contributed by atoms with E-state index in [0.29, 0.717) is 19.3 Å². The van der Waals surface area contributed by atoms with E-state index in [-0.39, 0.29) is 37.5 Å². The third-order valence-corrected chi connectivity index (χ3v) is 12.3. The van der Waals surface area contributed by atoms with Crippen LogP contribution in [-0.4, -0.2) is 37.2 Å². The highest BCUT2D eigenvalue weighted by Crippen LogP contribution is 2.14. The van der Waals surface area contributed by atoms with Crippen molar-refractivity contribution in [2.24, 2.45) is 0 Å². The van der Waals surface area contributed by atoms with E-state index in [9.17, 15) is 14.4 Å². The molecule has 75 heavy (non-hydrogen) atoms. The fourth-order valence-corrected chi connectivity index (χ4v) is 7.86. The summed E-state index contributed by atoms with van der Waals surface area (Å²) >= 11 is 0. The average Bonchev–Trinajstić information content (AvgIpc) is 3.41. The van der Waals surface area contributed by atoms with E-state index in [2.05, 4.69) is 167 Å². The molecule has 0 rings (SSSR count). The molecule has 0 bridgehead atoms. The minimum Gasteiger partial charge on any atom is -0.462 e. The van der Waals surface area contributed by atoms with Crippen LogP contribution in [0.25, 0.3) is 0 Å². The third-order valence-electron chi connectivity index (χ3n) is 12.3. The number of esters is 3. The van der Waals surface area contributed by atoms with E-state index >= 15 is 0 Å². The van der Waals surface area contributed by atoms with Gasteiger partial charge in [-0.2, -0.15) is 0 Å². The van der Waals surface area contributed by atoms with Gasteiger partial charge in [0.15, 0.2) is 6.10 Å². The average molecular weight is 1040 g/mol. The van der Waals surface area contributed by atoms with Crippen molar-refractivity contribution in [1.82, 2.24) is 0 Å². The number of ether oxygens (including phenoxy) is 3. The summed E-state index contributed by atoms with van der Waals surface area (Å²) in [5.41, 5.74) is 0. The first kappa shape index (κ1) is 70.3. The number of rotatable bonds is 53. The third kappa shape index (κ3) is 60.0. The zero-order valence-electron chi connectivity index (χ0n) is 48.3. The first-order chi connectivity index (χ1) is 37.0. The molecule has 1 unspecified atom stereocenters. The molecule has 1 atom stereocenters. The fraction of sp³-hybridized carbons (Fsp3) is 0.609.